The number of nitrogens with zero attached hydrogens (tertiary/aromatic N) is 4. The quantitative estimate of drug-likeness (QED) is 0.849. The zero-order valence-corrected chi connectivity index (χ0v) is 15.3. The fraction of sp³-hybridized carbons (Fsp3) is 0.273. The smallest absolute Gasteiger partial charge is 0.227 e. The van der Waals surface area contributed by atoms with Gasteiger partial charge in [-0.1, -0.05) is 12.1 Å². The zero-order valence-electron chi connectivity index (χ0n) is 15.3. The predicted octanol–water partition coefficient (Wildman–Crippen LogP) is 2.98. The van der Waals surface area contributed by atoms with Crippen molar-refractivity contribution in [2.75, 3.05) is 6.54 Å². The Morgan fingerprint density at radius 2 is 2.07 bits per heavy atom. The van der Waals surface area contributed by atoms with Crippen LogP contribution in [0.2, 0.25) is 0 Å². The average molecular weight is 356 g/mol. The second-order valence-corrected chi connectivity index (χ2v) is 7.30. The van der Waals surface area contributed by atoms with E-state index in [2.05, 4.69) is 34.3 Å². The Morgan fingerprint density at radius 3 is 2.89 bits per heavy atom. The van der Waals surface area contributed by atoms with Gasteiger partial charge in [-0.05, 0) is 41.8 Å². The lowest BCUT2D eigenvalue weighted by Crippen LogP contribution is -2.37. The van der Waals surface area contributed by atoms with Gasteiger partial charge in [0.25, 0.3) is 0 Å². The number of hydrogen-bond donors (Lipinski definition) is 0. The van der Waals surface area contributed by atoms with Crippen LogP contribution in [0.3, 0.4) is 0 Å². The maximum Gasteiger partial charge on any atom is 0.227 e. The van der Waals surface area contributed by atoms with E-state index in [-0.39, 0.29) is 5.91 Å². The number of pyridine rings is 1. The number of rotatable bonds is 3. The molecule has 5 rings (SSSR count). The monoisotopic (exact) mass is 356 g/mol. The summed E-state index contributed by atoms with van der Waals surface area (Å²) in [6, 6.07) is 8.50. The number of fused-ring (bicyclic) bond motifs is 2. The van der Waals surface area contributed by atoms with Crippen LogP contribution in [0.25, 0.3) is 0 Å². The van der Waals surface area contributed by atoms with E-state index < -0.39 is 0 Å². The fourth-order valence-electron chi connectivity index (χ4n) is 4.02. The Morgan fingerprint density at radius 1 is 1.15 bits per heavy atom. The average Bonchev–Trinajstić information content (AvgIpc) is 3.30. The predicted molar refractivity (Wildman–Crippen MR) is 105 cm³/mol. The normalized spacial score (nSPS) is 17.7. The van der Waals surface area contributed by atoms with Crippen molar-refractivity contribution in [1.29, 1.82) is 0 Å². The first-order chi connectivity index (χ1) is 13.2. The van der Waals surface area contributed by atoms with E-state index in [1.54, 1.807) is 0 Å². The number of hydrogen-bond acceptors (Lipinski definition) is 4. The van der Waals surface area contributed by atoms with E-state index in [1.807, 2.05) is 30.3 Å². The minimum Gasteiger partial charge on any atom is -0.332 e. The standard InChI is InChI=1S/C22H20N4O/c1-14-7-15(4-6-23-14)22-20-9-18-12-26(13-19-3-2-5-24-19)21(27)10-16(18)8-17(20)11-25-22/h3-9H,2,10-13H2,1H3. The van der Waals surface area contributed by atoms with Crippen LogP contribution in [0.1, 0.15) is 39.9 Å². The third-order valence-electron chi connectivity index (χ3n) is 5.38. The largest absolute Gasteiger partial charge is 0.332 e. The van der Waals surface area contributed by atoms with Crippen molar-refractivity contribution < 1.29 is 4.79 Å². The molecule has 1 amide bonds. The van der Waals surface area contributed by atoms with Crippen molar-refractivity contribution in [2.24, 2.45) is 9.98 Å². The molecule has 5 heteroatoms. The molecule has 0 fully saturated rings. The van der Waals surface area contributed by atoms with Gasteiger partial charge in [0.1, 0.15) is 0 Å². The third-order valence-corrected chi connectivity index (χ3v) is 5.38. The summed E-state index contributed by atoms with van der Waals surface area (Å²) in [5, 5.41) is 0. The summed E-state index contributed by atoms with van der Waals surface area (Å²) in [4.78, 5) is 27.9. The maximum atomic E-state index is 12.6. The second-order valence-electron chi connectivity index (χ2n) is 7.30. The first-order valence-electron chi connectivity index (χ1n) is 9.29. The van der Waals surface area contributed by atoms with Gasteiger partial charge in [-0.3, -0.25) is 19.8 Å². The van der Waals surface area contributed by atoms with Crippen LogP contribution in [0.5, 0.6) is 0 Å². The maximum absolute atomic E-state index is 12.6. The van der Waals surface area contributed by atoms with Crippen LogP contribution >= 0.6 is 0 Å². The minimum absolute atomic E-state index is 0.175. The van der Waals surface area contributed by atoms with Crippen molar-refractivity contribution in [3.63, 3.8) is 0 Å². The van der Waals surface area contributed by atoms with Gasteiger partial charge in [0.05, 0.1) is 30.9 Å². The molecule has 0 spiro atoms. The van der Waals surface area contributed by atoms with Gasteiger partial charge in [0.2, 0.25) is 5.91 Å². The molecule has 0 radical (unpaired) electrons. The Hall–Kier alpha value is -3.08. The van der Waals surface area contributed by atoms with Gasteiger partial charge in [-0.2, -0.15) is 0 Å². The molecule has 3 aliphatic rings. The van der Waals surface area contributed by atoms with E-state index in [1.165, 1.54) is 16.7 Å². The molecule has 1 aromatic heterocycles. The molecule has 134 valence electrons. The summed E-state index contributed by atoms with van der Waals surface area (Å²) in [5.74, 6) is 0.175. The second kappa shape index (κ2) is 6.27. The number of aryl methyl sites for hydroxylation is 1. The summed E-state index contributed by atoms with van der Waals surface area (Å²) in [6.45, 7) is 3.91. The van der Waals surface area contributed by atoms with Gasteiger partial charge in [0.15, 0.2) is 0 Å². The highest BCUT2D eigenvalue weighted by Gasteiger charge is 2.27. The molecule has 0 unspecified atom stereocenters. The van der Waals surface area contributed by atoms with Crippen LogP contribution in [0.15, 0.2) is 52.2 Å². The lowest BCUT2D eigenvalue weighted by atomic mass is 9.91. The Kier molecular flexibility index (Phi) is 3.74. The molecule has 5 nitrogen and oxygen atoms in total. The van der Waals surface area contributed by atoms with Crippen molar-refractivity contribution >= 4 is 17.8 Å². The number of aliphatic imine (C=N–C) groups is 2. The molecule has 0 aliphatic carbocycles. The Bertz CT molecular complexity index is 1050. The van der Waals surface area contributed by atoms with Gasteiger partial charge < -0.3 is 4.90 Å². The summed E-state index contributed by atoms with van der Waals surface area (Å²) >= 11 is 0. The molecule has 0 saturated carbocycles. The van der Waals surface area contributed by atoms with E-state index in [4.69, 9.17) is 4.99 Å². The summed E-state index contributed by atoms with van der Waals surface area (Å²) in [5.41, 5.74) is 8.87. The summed E-state index contributed by atoms with van der Waals surface area (Å²) < 4.78 is 0. The molecular formula is C22H20N4O. The molecule has 1 aromatic carbocycles. The van der Waals surface area contributed by atoms with Crippen LogP contribution in [-0.2, 0) is 24.3 Å². The number of benzene rings is 1. The van der Waals surface area contributed by atoms with Crippen LogP contribution in [0.4, 0.5) is 0 Å². The van der Waals surface area contributed by atoms with E-state index in [0.29, 0.717) is 26.1 Å². The van der Waals surface area contributed by atoms with Gasteiger partial charge >= 0.3 is 0 Å². The number of carbonyl (C=O) groups is 1. The highest BCUT2D eigenvalue weighted by molar-refractivity contribution is 6.15. The van der Waals surface area contributed by atoms with Crippen LogP contribution in [0, 0.1) is 6.92 Å². The Balaban J connectivity index is 1.47. The first-order valence-corrected chi connectivity index (χ1v) is 9.29. The van der Waals surface area contributed by atoms with Gasteiger partial charge in [0, 0.05) is 42.2 Å². The number of carbonyl (C=O) groups excluding carboxylic acids is 1. The van der Waals surface area contributed by atoms with E-state index in [0.717, 1.165) is 34.7 Å². The molecule has 27 heavy (non-hydrogen) atoms. The first kappa shape index (κ1) is 16.1. The van der Waals surface area contributed by atoms with Crippen LogP contribution < -0.4 is 0 Å². The topological polar surface area (TPSA) is 57.9 Å². The third kappa shape index (κ3) is 2.89. The van der Waals surface area contributed by atoms with Gasteiger partial charge in [-0.25, -0.2) is 0 Å². The van der Waals surface area contributed by atoms with Gasteiger partial charge in [-0.15, -0.1) is 0 Å². The molecule has 3 aliphatic heterocycles. The number of allylic oxidation sites excluding steroid dienone is 1. The fourth-order valence-corrected chi connectivity index (χ4v) is 4.02. The molecule has 4 heterocycles. The molecule has 0 bridgehead atoms. The summed E-state index contributed by atoms with van der Waals surface area (Å²) in [7, 11) is 0. The van der Waals surface area contributed by atoms with Crippen molar-refractivity contribution in [3.05, 3.63) is 75.7 Å². The van der Waals surface area contributed by atoms with E-state index in [9.17, 15) is 4.79 Å². The molecule has 0 saturated heterocycles. The Labute approximate surface area is 158 Å². The molecule has 2 aromatic rings. The van der Waals surface area contributed by atoms with Crippen molar-refractivity contribution in [2.45, 2.75) is 32.9 Å². The lowest BCUT2D eigenvalue weighted by molar-refractivity contribution is -0.131. The number of aromatic nitrogens is 1. The zero-order chi connectivity index (χ0) is 18.4. The van der Waals surface area contributed by atoms with Crippen molar-refractivity contribution in [3.8, 4) is 0 Å². The van der Waals surface area contributed by atoms with E-state index >= 15 is 0 Å². The lowest BCUT2D eigenvalue weighted by Gasteiger charge is -2.29. The summed E-state index contributed by atoms with van der Waals surface area (Å²) in [6.07, 6.45) is 7.14. The van der Waals surface area contributed by atoms with Crippen molar-refractivity contribution in [1.82, 2.24) is 9.88 Å². The number of amides is 1. The highest BCUT2D eigenvalue weighted by atomic mass is 16.2. The molecule has 0 N–H and O–H groups in total. The molecule has 0 atom stereocenters. The SMILES string of the molecule is Cc1cc(C2=NCc3cc4c(cc32)CN(CC2=CCC=N2)C(=O)C4)ccn1. The minimum atomic E-state index is 0.175. The highest BCUT2D eigenvalue weighted by Crippen LogP contribution is 2.30. The van der Waals surface area contributed by atoms with Crippen LogP contribution in [-0.4, -0.2) is 34.3 Å². The molecular weight excluding hydrogens is 336 g/mol.